The number of carbonyl (C=O) groups excluding carboxylic acids is 2. The Labute approximate surface area is 126 Å². The lowest BCUT2D eigenvalue weighted by Gasteiger charge is -2.01. The molecule has 1 heterocycles. The average Bonchev–Trinajstić information content (AvgIpc) is 3.00. The number of phenolic OH excluding ortho intramolecular Hbond substituents is 1. The van der Waals surface area contributed by atoms with Gasteiger partial charge < -0.3 is 5.11 Å². The second-order valence-electron chi connectivity index (χ2n) is 4.67. The molecular weight excluding hydrogens is 280 g/mol. The van der Waals surface area contributed by atoms with Crippen LogP contribution in [0.5, 0.6) is 5.75 Å². The monoisotopic (exact) mass is 292 g/mol. The molecule has 1 aromatic heterocycles. The van der Waals surface area contributed by atoms with Crippen LogP contribution < -0.4 is 0 Å². The van der Waals surface area contributed by atoms with Crippen LogP contribution in [0.25, 0.3) is 5.69 Å². The summed E-state index contributed by atoms with van der Waals surface area (Å²) >= 11 is 0. The molecule has 0 saturated carbocycles. The highest BCUT2D eigenvalue weighted by Crippen LogP contribution is 2.22. The zero-order chi connectivity index (χ0) is 15.5. The molecule has 0 aliphatic carbocycles. The number of carbonyl (C=O) groups is 2. The van der Waals surface area contributed by atoms with E-state index < -0.39 is 5.78 Å². The minimum atomic E-state index is -0.442. The summed E-state index contributed by atoms with van der Waals surface area (Å²) in [5, 5.41) is 13.9. The maximum absolute atomic E-state index is 12.5. The van der Waals surface area contributed by atoms with Gasteiger partial charge in [-0.1, -0.05) is 30.3 Å². The summed E-state index contributed by atoms with van der Waals surface area (Å²) in [6, 6.07) is 15.4. The van der Waals surface area contributed by atoms with E-state index >= 15 is 0 Å². The molecule has 5 heteroatoms. The van der Waals surface area contributed by atoms with Crippen LogP contribution in [-0.4, -0.2) is 27.0 Å². The number of aldehydes is 1. The Kier molecular flexibility index (Phi) is 3.53. The van der Waals surface area contributed by atoms with E-state index in [1.165, 1.54) is 23.0 Å². The number of hydrogen-bond donors (Lipinski definition) is 1. The fraction of sp³-hybridized carbons (Fsp3) is 0. The molecule has 0 atom stereocenters. The normalized spacial score (nSPS) is 10.4. The van der Waals surface area contributed by atoms with E-state index in [0.29, 0.717) is 6.29 Å². The van der Waals surface area contributed by atoms with Crippen molar-refractivity contribution in [2.24, 2.45) is 0 Å². The first-order valence-electron chi connectivity index (χ1n) is 6.63. The fourth-order valence-corrected chi connectivity index (χ4v) is 2.17. The Morgan fingerprint density at radius 1 is 1.00 bits per heavy atom. The first-order valence-corrected chi connectivity index (χ1v) is 6.63. The van der Waals surface area contributed by atoms with Crippen LogP contribution >= 0.6 is 0 Å². The Morgan fingerprint density at radius 3 is 2.36 bits per heavy atom. The van der Waals surface area contributed by atoms with Crippen molar-refractivity contribution in [1.82, 2.24) is 9.78 Å². The van der Waals surface area contributed by atoms with Crippen LogP contribution in [0.15, 0.2) is 60.8 Å². The summed E-state index contributed by atoms with van der Waals surface area (Å²) in [5.41, 5.74) is 1.07. The van der Waals surface area contributed by atoms with Crippen molar-refractivity contribution in [2.75, 3.05) is 0 Å². The Balaban J connectivity index is 2.08. The molecule has 0 aliphatic heterocycles. The van der Waals surface area contributed by atoms with Gasteiger partial charge in [-0.3, -0.25) is 9.59 Å². The minimum Gasteiger partial charge on any atom is -0.507 e. The molecule has 0 amide bonds. The second-order valence-corrected chi connectivity index (χ2v) is 4.67. The van der Waals surface area contributed by atoms with Crippen molar-refractivity contribution in [2.45, 2.75) is 0 Å². The van der Waals surface area contributed by atoms with Gasteiger partial charge in [-0.15, -0.1) is 0 Å². The van der Waals surface area contributed by atoms with E-state index in [2.05, 4.69) is 5.10 Å². The van der Waals surface area contributed by atoms with Gasteiger partial charge in [0.15, 0.2) is 6.29 Å². The standard InChI is InChI=1S/C17H12N2O3/c20-11-15-14(17(22)13-8-4-5-9-16(13)21)10-19(18-15)12-6-2-1-3-7-12/h1-11,21H. The molecule has 0 bridgehead atoms. The maximum Gasteiger partial charge on any atom is 0.200 e. The number of hydrogen-bond acceptors (Lipinski definition) is 4. The predicted molar refractivity (Wildman–Crippen MR) is 80.5 cm³/mol. The number of aromatic hydroxyl groups is 1. The van der Waals surface area contributed by atoms with Crippen LogP contribution in [-0.2, 0) is 0 Å². The summed E-state index contributed by atoms with van der Waals surface area (Å²) in [5.74, 6) is -0.570. The van der Waals surface area contributed by atoms with Crippen LogP contribution in [0.1, 0.15) is 26.4 Å². The smallest absolute Gasteiger partial charge is 0.200 e. The molecular formula is C17H12N2O3. The van der Waals surface area contributed by atoms with Crippen LogP contribution in [0.3, 0.4) is 0 Å². The number of benzene rings is 2. The van der Waals surface area contributed by atoms with Gasteiger partial charge in [0, 0.05) is 6.20 Å². The van der Waals surface area contributed by atoms with Crippen molar-refractivity contribution >= 4 is 12.1 Å². The van der Waals surface area contributed by atoms with Crippen LogP contribution in [0.4, 0.5) is 0 Å². The van der Waals surface area contributed by atoms with Gasteiger partial charge in [-0.2, -0.15) is 5.10 Å². The first kappa shape index (κ1) is 13.8. The third-order valence-electron chi connectivity index (χ3n) is 3.27. The van der Waals surface area contributed by atoms with Gasteiger partial charge in [-0.25, -0.2) is 4.68 Å². The number of aromatic nitrogens is 2. The quantitative estimate of drug-likeness (QED) is 0.592. The van der Waals surface area contributed by atoms with Gasteiger partial charge in [0.2, 0.25) is 5.78 Å². The number of rotatable bonds is 4. The Morgan fingerprint density at radius 2 is 1.68 bits per heavy atom. The van der Waals surface area contributed by atoms with E-state index in [-0.39, 0.29) is 22.6 Å². The van der Waals surface area contributed by atoms with E-state index in [4.69, 9.17) is 0 Å². The lowest BCUT2D eigenvalue weighted by Crippen LogP contribution is -2.03. The lowest BCUT2D eigenvalue weighted by atomic mass is 10.0. The molecule has 22 heavy (non-hydrogen) atoms. The van der Waals surface area contributed by atoms with Gasteiger partial charge in [0.1, 0.15) is 11.4 Å². The topological polar surface area (TPSA) is 72.2 Å². The Hall–Kier alpha value is -3.21. The number of phenols is 1. The molecule has 0 fully saturated rings. The highest BCUT2D eigenvalue weighted by Gasteiger charge is 2.20. The molecule has 5 nitrogen and oxygen atoms in total. The number of para-hydroxylation sites is 2. The molecule has 0 radical (unpaired) electrons. The fourth-order valence-electron chi connectivity index (χ4n) is 2.17. The number of ketones is 1. The summed E-state index contributed by atoms with van der Waals surface area (Å²) in [4.78, 5) is 23.7. The first-order chi connectivity index (χ1) is 10.7. The van der Waals surface area contributed by atoms with Crippen molar-refractivity contribution in [3.05, 3.63) is 77.6 Å². The second kappa shape index (κ2) is 5.65. The molecule has 3 aromatic rings. The molecule has 2 aromatic carbocycles. The van der Waals surface area contributed by atoms with E-state index in [1.54, 1.807) is 12.1 Å². The maximum atomic E-state index is 12.5. The molecule has 108 valence electrons. The molecule has 0 spiro atoms. The molecule has 0 aliphatic rings. The van der Waals surface area contributed by atoms with Crippen LogP contribution in [0.2, 0.25) is 0 Å². The Bertz CT molecular complexity index is 838. The van der Waals surface area contributed by atoms with Crippen molar-refractivity contribution in [3.63, 3.8) is 0 Å². The van der Waals surface area contributed by atoms with E-state index in [1.807, 2.05) is 30.3 Å². The molecule has 1 N–H and O–H groups in total. The van der Waals surface area contributed by atoms with Crippen molar-refractivity contribution in [1.29, 1.82) is 0 Å². The third-order valence-corrected chi connectivity index (χ3v) is 3.27. The van der Waals surface area contributed by atoms with Gasteiger partial charge >= 0.3 is 0 Å². The third kappa shape index (κ3) is 2.40. The highest BCUT2D eigenvalue weighted by molar-refractivity contribution is 6.13. The minimum absolute atomic E-state index is 0.0390. The van der Waals surface area contributed by atoms with Gasteiger partial charge in [-0.05, 0) is 24.3 Å². The summed E-state index contributed by atoms with van der Waals surface area (Å²) in [7, 11) is 0. The summed E-state index contributed by atoms with van der Waals surface area (Å²) < 4.78 is 1.47. The van der Waals surface area contributed by atoms with Crippen molar-refractivity contribution in [3.8, 4) is 11.4 Å². The molecule has 0 unspecified atom stereocenters. The predicted octanol–water partition coefficient (Wildman–Crippen LogP) is 2.62. The lowest BCUT2D eigenvalue weighted by molar-refractivity contribution is 0.102. The zero-order valence-electron chi connectivity index (χ0n) is 11.5. The van der Waals surface area contributed by atoms with Crippen LogP contribution in [0, 0.1) is 0 Å². The van der Waals surface area contributed by atoms with Crippen molar-refractivity contribution < 1.29 is 14.7 Å². The summed E-state index contributed by atoms with van der Waals surface area (Å²) in [6.07, 6.45) is 2.03. The zero-order valence-corrected chi connectivity index (χ0v) is 11.5. The molecule has 3 rings (SSSR count). The largest absolute Gasteiger partial charge is 0.507 e. The summed E-state index contributed by atoms with van der Waals surface area (Å²) in [6.45, 7) is 0. The highest BCUT2D eigenvalue weighted by atomic mass is 16.3. The number of nitrogens with zero attached hydrogens (tertiary/aromatic N) is 2. The van der Waals surface area contributed by atoms with Gasteiger partial charge in [0.05, 0.1) is 16.8 Å². The average molecular weight is 292 g/mol. The van der Waals surface area contributed by atoms with Gasteiger partial charge in [0.25, 0.3) is 0 Å². The molecule has 0 saturated heterocycles. The SMILES string of the molecule is O=Cc1nn(-c2ccccc2)cc1C(=O)c1ccccc1O. The van der Waals surface area contributed by atoms with E-state index in [9.17, 15) is 14.7 Å². The van der Waals surface area contributed by atoms with E-state index in [0.717, 1.165) is 5.69 Å².